The first kappa shape index (κ1) is 46.6. The lowest BCUT2D eigenvalue weighted by Gasteiger charge is -2.30. The standard InChI is InChI=1S/C27H32N4O.C26H33N3O/c1-29(2)24-12-6-21(7-13-24)27(20-28,22-8-14-25(15-9-22)30(3)4)23-10-16-26(17-11-23)31(5)18-19-32;1-27(2)23-12-6-20(7-13-23)26(21-8-14-24(15-9-21)28(3)4)22-10-16-25(17-11-22)29(5)18-19-30/h6-17,32H,18-19H2,1-5H3;6-17,26,30H,18-19H2,1-5H3. The Bertz CT molecular complexity index is 2200. The topological polar surface area (TPSA) is 83.7 Å². The van der Waals surface area contributed by atoms with Gasteiger partial charge in [0.25, 0.3) is 0 Å². The van der Waals surface area contributed by atoms with Crippen molar-refractivity contribution >= 4 is 34.1 Å². The summed E-state index contributed by atoms with van der Waals surface area (Å²) >= 11 is 0. The second-order valence-electron chi connectivity index (χ2n) is 16.6. The Morgan fingerprint density at radius 2 is 0.613 bits per heavy atom. The first-order chi connectivity index (χ1) is 29.7. The van der Waals surface area contributed by atoms with E-state index in [2.05, 4.69) is 156 Å². The van der Waals surface area contributed by atoms with E-state index in [1.165, 1.54) is 28.1 Å². The molecule has 0 aliphatic heterocycles. The second kappa shape index (κ2) is 21.4. The van der Waals surface area contributed by atoms with Crippen LogP contribution in [0.15, 0.2) is 146 Å². The van der Waals surface area contributed by atoms with Crippen molar-refractivity contribution in [2.24, 2.45) is 0 Å². The molecule has 6 aromatic carbocycles. The van der Waals surface area contributed by atoms with Gasteiger partial charge in [-0.1, -0.05) is 72.8 Å². The van der Waals surface area contributed by atoms with Crippen molar-refractivity contribution in [3.8, 4) is 6.07 Å². The number of benzene rings is 6. The van der Waals surface area contributed by atoms with Gasteiger partial charge in [-0.15, -0.1) is 0 Å². The number of aliphatic hydroxyl groups excluding tert-OH is 2. The number of anilines is 6. The van der Waals surface area contributed by atoms with E-state index in [1.807, 2.05) is 95.7 Å². The van der Waals surface area contributed by atoms with Crippen molar-refractivity contribution in [2.75, 3.05) is 126 Å². The summed E-state index contributed by atoms with van der Waals surface area (Å²) in [4.78, 5) is 12.4. The Morgan fingerprint density at radius 1 is 0.387 bits per heavy atom. The SMILES string of the molecule is CN(C)c1ccc(C(C#N)(c2ccc(N(C)C)cc2)c2ccc(N(C)CCO)cc2)cc1.CN(C)c1ccc(C(c2ccc(N(C)C)cc2)c2ccc(N(C)CCO)cc2)cc1. The number of hydrogen-bond acceptors (Lipinski definition) is 9. The van der Waals surface area contributed by atoms with Gasteiger partial charge in [0.15, 0.2) is 0 Å². The number of likely N-dealkylation sites (N-methyl/N-ethyl adjacent to an activating group) is 2. The molecule has 6 rings (SSSR count). The van der Waals surface area contributed by atoms with E-state index in [-0.39, 0.29) is 19.1 Å². The van der Waals surface area contributed by atoms with Gasteiger partial charge in [0, 0.05) is 124 Å². The van der Waals surface area contributed by atoms with E-state index < -0.39 is 5.41 Å². The molecule has 62 heavy (non-hydrogen) atoms. The summed E-state index contributed by atoms with van der Waals surface area (Å²) in [6.45, 7) is 1.43. The molecule has 0 bridgehead atoms. The van der Waals surface area contributed by atoms with Crippen LogP contribution in [-0.4, -0.2) is 107 Å². The lowest BCUT2D eigenvalue weighted by atomic mass is 9.70. The summed E-state index contributed by atoms with van der Waals surface area (Å²) < 4.78 is 0. The second-order valence-corrected chi connectivity index (χ2v) is 16.6. The summed E-state index contributed by atoms with van der Waals surface area (Å²) in [5, 5.41) is 29.1. The molecule has 0 fully saturated rings. The zero-order valence-electron chi connectivity index (χ0n) is 38.3. The van der Waals surface area contributed by atoms with Crippen molar-refractivity contribution in [1.82, 2.24) is 0 Å². The molecule has 2 N–H and O–H groups in total. The molecule has 0 radical (unpaired) electrons. The number of nitrogens with zero attached hydrogens (tertiary/aromatic N) is 7. The zero-order chi connectivity index (χ0) is 45.0. The third-order valence-corrected chi connectivity index (χ3v) is 11.6. The molecule has 0 heterocycles. The fourth-order valence-electron chi connectivity index (χ4n) is 7.67. The van der Waals surface area contributed by atoms with Gasteiger partial charge in [-0.25, -0.2) is 0 Å². The highest BCUT2D eigenvalue weighted by Gasteiger charge is 2.37. The first-order valence-electron chi connectivity index (χ1n) is 21.1. The summed E-state index contributed by atoms with van der Waals surface area (Å²) in [5.74, 6) is 0.162. The molecule has 0 aromatic heterocycles. The highest BCUT2D eigenvalue weighted by Crippen LogP contribution is 2.41. The van der Waals surface area contributed by atoms with Crippen LogP contribution in [0.2, 0.25) is 0 Å². The van der Waals surface area contributed by atoms with Crippen LogP contribution in [0.5, 0.6) is 0 Å². The highest BCUT2D eigenvalue weighted by molar-refractivity contribution is 5.63. The van der Waals surface area contributed by atoms with Crippen molar-refractivity contribution in [3.63, 3.8) is 0 Å². The fraction of sp³-hybridized carbons (Fsp3) is 0.302. The van der Waals surface area contributed by atoms with Crippen molar-refractivity contribution in [2.45, 2.75) is 11.3 Å². The monoisotopic (exact) mass is 832 g/mol. The molecule has 0 atom stereocenters. The van der Waals surface area contributed by atoms with Crippen molar-refractivity contribution in [3.05, 3.63) is 179 Å². The molecule has 0 saturated heterocycles. The number of aliphatic hydroxyl groups is 2. The number of rotatable bonds is 16. The number of hydrogen-bond donors (Lipinski definition) is 2. The van der Waals surface area contributed by atoms with Crippen LogP contribution in [0, 0.1) is 11.3 Å². The predicted molar refractivity (Wildman–Crippen MR) is 263 cm³/mol. The minimum Gasteiger partial charge on any atom is -0.395 e. The van der Waals surface area contributed by atoms with E-state index in [1.54, 1.807) is 0 Å². The molecule has 0 aliphatic rings. The van der Waals surface area contributed by atoms with Crippen LogP contribution in [0.1, 0.15) is 39.3 Å². The quantitative estimate of drug-likeness (QED) is 0.0934. The van der Waals surface area contributed by atoms with Gasteiger partial charge in [-0.2, -0.15) is 5.26 Å². The van der Waals surface area contributed by atoms with Crippen molar-refractivity contribution in [1.29, 1.82) is 5.26 Å². The Kier molecular flexibility index (Phi) is 16.1. The lowest BCUT2D eigenvalue weighted by molar-refractivity contribution is 0.304. The molecule has 0 saturated carbocycles. The smallest absolute Gasteiger partial charge is 0.132 e. The third kappa shape index (κ3) is 10.9. The maximum absolute atomic E-state index is 10.6. The molecule has 0 amide bonds. The summed E-state index contributed by atoms with van der Waals surface area (Å²) in [6.07, 6.45) is 0. The Labute approximate surface area is 370 Å². The largest absolute Gasteiger partial charge is 0.395 e. The summed E-state index contributed by atoms with van der Waals surface area (Å²) in [6, 6.07) is 53.4. The Morgan fingerprint density at radius 3 is 0.839 bits per heavy atom. The van der Waals surface area contributed by atoms with Crippen LogP contribution in [0.3, 0.4) is 0 Å². The third-order valence-electron chi connectivity index (χ3n) is 11.6. The summed E-state index contributed by atoms with van der Waals surface area (Å²) in [7, 11) is 20.2. The Hall–Kier alpha value is -6.47. The molecule has 9 nitrogen and oxygen atoms in total. The molecular weight excluding hydrogens is 767 g/mol. The van der Waals surface area contributed by atoms with Gasteiger partial charge in [0.2, 0.25) is 0 Å². The van der Waals surface area contributed by atoms with Gasteiger partial charge >= 0.3 is 0 Å². The van der Waals surface area contributed by atoms with Crippen molar-refractivity contribution < 1.29 is 10.2 Å². The fourth-order valence-corrected chi connectivity index (χ4v) is 7.67. The zero-order valence-corrected chi connectivity index (χ0v) is 38.3. The Balaban J connectivity index is 0.000000235. The average molecular weight is 832 g/mol. The molecule has 6 aromatic rings. The van der Waals surface area contributed by atoms with E-state index in [0.717, 1.165) is 39.4 Å². The predicted octanol–water partition coefficient (Wildman–Crippen LogP) is 8.53. The van der Waals surface area contributed by atoms with Crippen LogP contribution >= 0.6 is 0 Å². The van der Waals surface area contributed by atoms with Crippen LogP contribution in [0.25, 0.3) is 0 Å². The molecule has 0 aliphatic carbocycles. The highest BCUT2D eigenvalue weighted by atomic mass is 16.3. The first-order valence-corrected chi connectivity index (χ1v) is 21.1. The summed E-state index contributed by atoms with van der Waals surface area (Å²) in [5.41, 5.74) is 12.3. The van der Waals surface area contributed by atoms with Crippen LogP contribution in [-0.2, 0) is 5.41 Å². The van der Waals surface area contributed by atoms with Crippen LogP contribution in [0.4, 0.5) is 34.1 Å². The maximum atomic E-state index is 10.6. The van der Waals surface area contributed by atoms with Gasteiger partial charge in [0.1, 0.15) is 5.41 Å². The minimum atomic E-state index is -0.941. The van der Waals surface area contributed by atoms with E-state index in [4.69, 9.17) is 0 Å². The van der Waals surface area contributed by atoms with Gasteiger partial charge in [0.05, 0.1) is 19.3 Å². The maximum Gasteiger partial charge on any atom is 0.132 e. The normalized spacial score (nSPS) is 11.0. The molecule has 324 valence electrons. The lowest BCUT2D eigenvalue weighted by Crippen LogP contribution is -2.28. The van der Waals surface area contributed by atoms with Gasteiger partial charge in [-0.05, 0) is 106 Å². The van der Waals surface area contributed by atoms with E-state index >= 15 is 0 Å². The van der Waals surface area contributed by atoms with Gasteiger partial charge in [-0.3, -0.25) is 0 Å². The van der Waals surface area contributed by atoms with E-state index in [9.17, 15) is 15.5 Å². The average Bonchev–Trinajstić information content (AvgIpc) is 3.28. The molecular formula is C53H65N7O2. The molecule has 0 unspecified atom stereocenters. The molecule has 0 spiro atoms. The number of nitriles is 1. The van der Waals surface area contributed by atoms with Crippen LogP contribution < -0.4 is 29.4 Å². The van der Waals surface area contributed by atoms with Gasteiger partial charge < -0.3 is 39.6 Å². The minimum absolute atomic E-state index is 0.0941. The van der Waals surface area contributed by atoms with E-state index in [0.29, 0.717) is 13.1 Å². The molecule has 9 heteroatoms.